The lowest BCUT2D eigenvalue weighted by molar-refractivity contribution is 1.13. The van der Waals surface area contributed by atoms with Gasteiger partial charge in [0, 0.05) is 25.5 Å². The van der Waals surface area contributed by atoms with Crippen LogP contribution in [0, 0.1) is 0 Å². The number of rotatable bonds is 5. The van der Waals surface area contributed by atoms with Crippen LogP contribution in [0.15, 0.2) is 231 Å². The lowest BCUT2D eigenvalue weighted by atomic mass is 9.84. The summed E-state index contributed by atoms with van der Waals surface area (Å²) in [4.78, 5) is 9.51. The molecule has 0 amide bonds. The fourth-order valence-electron chi connectivity index (χ4n) is 10.8. The highest BCUT2D eigenvalue weighted by molar-refractivity contribution is 6.25. The number of nitrogens with zero attached hydrogens (tertiary/aromatic N) is 4. The van der Waals surface area contributed by atoms with Gasteiger partial charge in [-0.1, -0.05) is 158 Å². The first-order chi connectivity index (χ1) is 32.6. The highest BCUT2D eigenvalue weighted by Crippen LogP contribution is 2.55. The van der Waals surface area contributed by atoms with Gasteiger partial charge in [-0.3, -0.25) is 0 Å². The Kier molecular flexibility index (Phi) is 8.62. The van der Waals surface area contributed by atoms with Crippen molar-refractivity contribution >= 4 is 89.2 Å². The first-order valence-corrected chi connectivity index (χ1v) is 22.7. The maximum absolute atomic E-state index is 2.45. The van der Waals surface area contributed by atoms with Crippen LogP contribution in [0.2, 0.25) is 0 Å². The second kappa shape index (κ2) is 15.0. The van der Waals surface area contributed by atoms with Crippen molar-refractivity contribution in [2.75, 3.05) is 33.7 Å². The normalized spacial score (nSPS) is 12.9. The van der Waals surface area contributed by atoms with Crippen molar-refractivity contribution in [1.82, 2.24) is 0 Å². The molecule has 0 radical (unpaired) electrons. The molecule has 4 nitrogen and oxygen atoms in total. The van der Waals surface area contributed by atoms with E-state index in [2.05, 4.69) is 264 Å². The SMILES string of the molecule is CN1c2ccccc2N(c2ccc3c(-c4cccc5ccccc45)c4cc(N5c6ccccc6N(C)c6ccccc65)ccc4c(-c4ccc(-c5ccccc5)cc4)c3c2)c2ccccc21. The molecule has 0 saturated heterocycles. The van der Waals surface area contributed by atoms with E-state index in [1.54, 1.807) is 0 Å². The number of anilines is 10. The quantitative estimate of drug-likeness (QED) is 0.160. The van der Waals surface area contributed by atoms with Crippen LogP contribution in [0.4, 0.5) is 56.9 Å². The van der Waals surface area contributed by atoms with Crippen LogP contribution in [0.3, 0.4) is 0 Å². The minimum atomic E-state index is 1.11. The van der Waals surface area contributed by atoms with Crippen molar-refractivity contribution in [2.45, 2.75) is 0 Å². The summed E-state index contributed by atoms with van der Waals surface area (Å²) < 4.78 is 0. The summed E-state index contributed by atoms with van der Waals surface area (Å²) in [5.74, 6) is 0. The summed E-state index contributed by atoms with van der Waals surface area (Å²) >= 11 is 0. The predicted molar refractivity (Wildman–Crippen MR) is 281 cm³/mol. The van der Waals surface area contributed by atoms with E-state index >= 15 is 0 Å². The Labute approximate surface area is 385 Å². The molecule has 312 valence electrons. The van der Waals surface area contributed by atoms with E-state index in [1.807, 2.05) is 0 Å². The number of hydrogen-bond acceptors (Lipinski definition) is 4. The van der Waals surface area contributed by atoms with E-state index in [0.717, 1.165) is 34.1 Å². The predicted octanol–water partition coefficient (Wildman–Crippen LogP) is 17.2. The minimum absolute atomic E-state index is 1.11. The van der Waals surface area contributed by atoms with Gasteiger partial charge in [0.15, 0.2) is 0 Å². The molecule has 0 saturated carbocycles. The first kappa shape index (κ1) is 37.9. The van der Waals surface area contributed by atoms with Gasteiger partial charge >= 0.3 is 0 Å². The molecule has 2 heterocycles. The summed E-state index contributed by atoms with van der Waals surface area (Å²) in [5, 5.41) is 7.26. The summed E-state index contributed by atoms with van der Waals surface area (Å²) in [5.41, 5.74) is 18.7. The monoisotopic (exact) mass is 844 g/mol. The zero-order valence-electron chi connectivity index (χ0n) is 36.7. The maximum atomic E-state index is 2.45. The largest absolute Gasteiger partial charge is 0.341 e. The Morgan fingerprint density at radius 1 is 0.258 bits per heavy atom. The Balaban J connectivity index is 1.14. The third-order valence-electron chi connectivity index (χ3n) is 13.9. The molecular formula is C62H44N4. The molecule has 0 N–H and O–H groups in total. The van der Waals surface area contributed by atoms with E-state index in [9.17, 15) is 0 Å². The van der Waals surface area contributed by atoms with Crippen molar-refractivity contribution in [3.8, 4) is 33.4 Å². The molecule has 2 aliphatic rings. The fourth-order valence-corrected chi connectivity index (χ4v) is 10.8. The summed E-state index contributed by atoms with van der Waals surface area (Å²) in [6.07, 6.45) is 0. The van der Waals surface area contributed by atoms with E-state index in [4.69, 9.17) is 0 Å². The van der Waals surface area contributed by atoms with E-state index in [1.165, 1.54) is 88.4 Å². The summed E-state index contributed by atoms with van der Waals surface area (Å²) in [7, 11) is 4.34. The molecule has 0 bridgehead atoms. The van der Waals surface area contributed by atoms with Crippen LogP contribution in [0.5, 0.6) is 0 Å². The molecule has 0 unspecified atom stereocenters. The molecule has 0 fully saturated rings. The fraction of sp³-hybridized carbons (Fsp3) is 0.0323. The van der Waals surface area contributed by atoms with Crippen molar-refractivity contribution in [2.24, 2.45) is 0 Å². The van der Waals surface area contributed by atoms with Crippen LogP contribution in [-0.2, 0) is 0 Å². The Morgan fingerprint density at radius 2 is 0.652 bits per heavy atom. The molecule has 13 rings (SSSR count). The average Bonchev–Trinajstić information content (AvgIpc) is 3.38. The van der Waals surface area contributed by atoms with Crippen LogP contribution in [0.1, 0.15) is 0 Å². The number of benzene rings is 11. The first-order valence-electron chi connectivity index (χ1n) is 22.7. The van der Waals surface area contributed by atoms with E-state index in [-0.39, 0.29) is 0 Å². The van der Waals surface area contributed by atoms with Gasteiger partial charge < -0.3 is 19.6 Å². The molecule has 0 atom stereocenters. The molecule has 11 aromatic carbocycles. The van der Waals surface area contributed by atoms with Gasteiger partial charge in [0.25, 0.3) is 0 Å². The zero-order chi connectivity index (χ0) is 43.9. The van der Waals surface area contributed by atoms with Gasteiger partial charge in [0.2, 0.25) is 0 Å². The lowest BCUT2D eigenvalue weighted by Gasteiger charge is -2.39. The minimum Gasteiger partial charge on any atom is -0.341 e. The molecule has 11 aromatic rings. The smallest absolute Gasteiger partial charge is 0.0699 e. The van der Waals surface area contributed by atoms with Crippen LogP contribution in [0.25, 0.3) is 65.7 Å². The van der Waals surface area contributed by atoms with Gasteiger partial charge in [-0.25, -0.2) is 0 Å². The van der Waals surface area contributed by atoms with Crippen molar-refractivity contribution < 1.29 is 0 Å². The Hall–Kier alpha value is -8.60. The van der Waals surface area contributed by atoms with Crippen molar-refractivity contribution in [3.63, 3.8) is 0 Å². The second-order valence-electron chi connectivity index (χ2n) is 17.4. The third-order valence-corrected chi connectivity index (χ3v) is 13.9. The topological polar surface area (TPSA) is 13.0 Å². The Morgan fingerprint density at radius 3 is 1.18 bits per heavy atom. The van der Waals surface area contributed by atoms with Crippen molar-refractivity contribution in [1.29, 1.82) is 0 Å². The highest BCUT2D eigenvalue weighted by atomic mass is 15.3. The van der Waals surface area contributed by atoms with E-state index in [0.29, 0.717) is 0 Å². The van der Waals surface area contributed by atoms with Gasteiger partial charge in [0.05, 0.1) is 45.5 Å². The van der Waals surface area contributed by atoms with Gasteiger partial charge in [0.1, 0.15) is 0 Å². The number of hydrogen-bond donors (Lipinski definition) is 0. The van der Waals surface area contributed by atoms with Crippen LogP contribution in [-0.4, -0.2) is 14.1 Å². The molecule has 0 aromatic heterocycles. The van der Waals surface area contributed by atoms with Crippen molar-refractivity contribution in [3.05, 3.63) is 231 Å². The van der Waals surface area contributed by atoms with Gasteiger partial charge in [-0.05, 0) is 138 Å². The molecule has 2 aliphatic heterocycles. The van der Waals surface area contributed by atoms with Gasteiger partial charge in [-0.2, -0.15) is 0 Å². The summed E-state index contributed by atoms with van der Waals surface area (Å²) in [6.45, 7) is 0. The lowest BCUT2D eigenvalue weighted by Crippen LogP contribution is -2.24. The van der Waals surface area contributed by atoms with Crippen LogP contribution >= 0.6 is 0 Å². The number of fused-ring (bicyclic) bond motifs is 7. The zero-order valence-corrected chi connectivity index (χ0v) is 36.7. The molecule has 4 heteroatoms. The van der Waals surface area contributed by atoms with E-state index < -0.39 is 0 Å². The molecule has 0 spiro atoms. The number of para-hydroxylation sites is 8. The highest BCUT2D eigenvalue weighted by Gasteiger charge is 2.30. The molecule has 66 heavy (non-hydrogen) atoms. The maximum Gasteiger partial charge on any atom is 0.0699 e. The third kappa shape index (κ3) is 5.78. The Bertz CT molecular complexity index is 3610. The summed E-state index contributed by atoms with van der Waals surface area (Å²) in [6, 6.07) is 84.8. The standard InChI is InChI=1S/C62H44N4/c1-63-53-23-8-12-27-57(53)65(58-28-13-9-24-54(58)63)45-36-38-50-51(39-45)61(44-33-31-42(32-34-44)41-17-4-3-5-18-41)49-37-35-46(40-52(49)62(50)48-22-16-20-43-19-6-7-21-47(43)48)66-59-29-14-10-25-55(59)64(2)56-26-11-15-30-60(56)66/h3-40H,1-2H3. The second-order valence-corrected chi connectivity index (χ2v) is 17.4. The molecular weight excluding hydrogens is 801 g/mol. The average molecular weight is 845 g/mol. The van der Waals surface area contributed by atoms with Gasteiger partial charge in [-0.15, -0.1) is 0 Å². The van der Waals surface area contributed by atoms with Crippen LogP contribution < -0.4 is 19.6 Å². The molecule has 0 aliphatic carbocycles.